The molecule has 1 aromatic rings. The molecule has 0 bridgehead atoms. The van der Waals surface area contributed by atoms with Crippen molar-refractivity contribution >= 4 is 10.0 Å². The fraction of sp³-hybridized carbons (Fsp3) is 0.625. The van der Waals surface area contributed by atoms with Crippen LogP contribution in [-0.2, 0) is 16.6 Å². The van der Waals surface area contributed by atoms with Crippen LogP contribution in [0, 0.1) is 18.8 Å². The van der Waals surface area contributed by atoms with Crippen molar-refractivity contribution in [1.82, 2.24) is 4.31 Å². The lowest BCUT2D eigenvalue weighted by atomic mass is 9.87. The van der Waals surface area contributed by atoms with E-state index in [0.29, 0.717) is 36.4 Å². The summed E-state index contributed by atoms with van der Waals surface area (Å²) in [5, 5.41) is 0. The molecule has 0 aliphatic carbocycles. The van der Waals surface area contributed by atoms with Gasteiger partial charge in [-0.3, -0.25) is 0 Å². The number of nitrogens with zero attached hydrogens (tertiary/aromatic N) is 1. The van der Waals surface area contributed by atoms with Gasteiger partial charge in [0.05, 0.1) is 4.90 Å². The summed E-state index contributed by atoms with van der Waals surface area (Å²) in [4.78, 5) is 0.372. The topological polar surface area (TPSA) is 63.4 Å². The van der Waals surface area contributed by atoms with E-state index in [2.05, 4.69) is 13.8 Å². The molecule has 0 saturated carbocycles. The minimum Gasteiger partial charge on any atom is -0.326 e. The van der Waals surface area contributed by atoms with E-state index in [4.69, 9.17) is 5.73 Å². The molecule has 0 atom stereocenters. The van der Waals surface area contributed by atoms with Gasteiger partial charge in [0.2, 0.25) is 10.0 Å². The highest BCUT2D eigenvalue weighted by molar-refractivity contribution is 7.89. The van der Waals surface area contributed by atoms with E-state index in [1.807, 2.05) is 13.0 Å². The van der Waals surface area contributed by atoms with E-state index in [0.717, 1.165) is 24.0 Å². The molecule has 2 rings (SSSR count). The molecular formula is C16H26N2O2S. The van der Waals surface area contributed by atoms with E-state index in [9.17, 15) is 8.42 Å². The van der Waals surface area contributed by atoms with Gasteiger partial charge in [0.25, 0.3) is 0 Å². The Kier molecular flexibility index (Phi) is 5.07. The highest BCUT2D eigenvalue weighted by atomic mass is 32.2. The van der Waals surface area contributed by atoms with Crippen LogP contribution in [0.1, 0.15) is 37.8 Å². The van der Waals surface area contributed by atoms with Crippen LogP contribution in [0.2, 0.25) is 0 Å². The molecule has 1 saturated heterocycles. The molecule has 1 aliphatic heterocycles. The molecule has 4 nitrogen and oxygen atoms in total. The standard InChI is InChI=1S/C16H26N2O2S/c1-12(2)14-6-8-18(9-7-14)21(19,20)16-5-4-13(3)15(10-16)11-17/h4-5,10,12,14H,6-9,11,17H2,1-3H3. The number of hydrogen-bond acceptors (Lipinski definition) is 3. The van der Waals surface area contributed by atoms with E-state index in [1.54, 1.807) is 16.4 Å². The number of aryl methyl sites for hydroxylation is 1. The number of piperidine rings is 1. The summed E-state index contributed by atoms with van der Waals surface area (Å²) >= 11 is 0. The third kappa shape index (κ3) is 3.47. The van der Waals surface area contributed by atoms with Crippen molar-refractivity contribution in [1.29, 1.82) is 0 Å². The van der Waals surface area contributed by atoms with E-state index >= 15 is 0 Å². The Balaban J connectivity index is 2.19. The van der Waals surface area contributed by atoms with Crippen LogP contribution < -0.4 is 5.73 Å². The number of nitrogens with two attached hydrogens (primary N) is 1. The number of benzene rings is 1. The maximum absolute atomic E-state index is 12.7. The molecular weight excluding hydrogens is 284 g/mol. The van der Waals surface area contributed by atoms with Gasteiger partial charge in [0.15, 0.2) is 0 Å². The predicted molar refractivity (Wildman–Crippen MR) is 85.4 cm³/mol. The van der Waals surface area contributed by atoms with Gasteiger partial charge in [-0.05, 0) is 54.9 Å². The fourth-order valence-corrected chi connectivity index (χ4v) is 4.48. The van der Waals surface area contributed by atoms with Gasteiger partial charge in [-0.15, -0.1) is 0 Å². The summed E-state index contributed by atoms with van der Waals surface area (Å²) < 4.78 is 27.1. The second-order valence-electron chi connectivity index (χ2n) is 6.28. The Hall–Kier alpha value is -0.910. The first kappa shape index (κ1) is 16.5. The maximum Gasteiger partial charge on any atom is 0.243 e. The van der Waals surface area contributed by atoms with Crippen molar-refractivity contribution in [2.45, 2.75) is 45.1 Å². The van der Waals surface area contributed by atoms with Crippen LogP contribution in [0.3, 0.4) is 0 Å². The molecule has 0 spiro atoms. The molecule has 5 heteroatoms. The molecule has 0 radical (unpaired) electrons. The van der Waals surface area contributed by atoms with Crippen LogP contribution >= 0.6 is 0 Å². The molecule has 0 unspecified atom stereocenters. The SMILES string of the molecule is Cc1ccc(S(=O)(=O)N2CCC(C(C)C)CC2)cc1CN. The summed E-state index contributed by atoms with van der Waals surface area (Å²) in [6, 6.07) is 5.26. The van der Waals surface area contributed by atoms with Gasteiger partial charge >= 0.3 is 0 Å². The first-order valence-corrected chi connectivity index (χ1v) is 9.10. The third-order valence-electron chi connectivity index (χ3n) is 4.62. The average Bonchev–Trinajstić information content (AvgIpc) is 2.47. The molecule has 21 heavy (non-hydrogen) atoms. The Morgan fingerprint density at radius 3 is 2.43 bits per heavy atom. The van der Waals surface area contributed by atoms with Crippen molar-refractivity contribution in [3.8, 4) is 0 Å². The molecule has 0 aromatic heterocycles. The Labute approximate surface area is 128 Å². The van der Waals surface area contributed by atoms with Crippen LogP contribution in [0.25, 0.3) is 0 Å². The van der Waals surface area contributed by atoms with Gasteiger partial charge in [-0.1, -0.05) is 19.9 Å². The zero-order valence-electron chi connectivity index (χ0n) is 13.2. The molecule has 118 valence electrons. The highest BCUT2D eigenvalue weighted by Crippen LogP contribution is 2.28. The largest absolute Gasteiger partial charge is 0.326 e. The molecule has 1 fully saturated rings. The summed E-state index contributed by atoms with van der Waals surface area (Å²) in [6.07, 6.45) is 1.90. The van der Waals surface area contributed by atoms with Crippen molar-refractivity contribution in [3.05, 3.63) is 29.3 Å². The Bertz CT molecular complexity index is 588. The summed E-state index contributed by atoms with van der Waals surface area (Å²) in [5.41, 5.74) is 7.62. The summed E-state index contributed by atoms with van der Waals surface area (Å²) in [5.74, 6) is 1.26. The van der Waals surface area contributed by atoms with Crippen molar-refractivity contribution < 1.29 is 8.42 Å². The second-order valence-corrected chi connectivity index (χ2v) is 8.22. The fourth-order valence-electron chi connectivity index (χ4n) is 2.96. The van der Waals surface area contributed by atoms with Gasteiger partial charge in [0, 0.05) is 19.6 Å². The minimum absolute atomic E-state index is 0.366. The van der Waals surface area contributed by atoms with Crippen molar-refractivity contribution in [2.75, 3.05) is 13.1 Å². The average molecular weight is 310 g/mol. The first-order chi connectivity index (χ1) is 9.86. The lowest BCUT2D eigenvalue weighted by Gasteiger charge is -2.33. The lowest BCUT2D eigenvalue weighted by Crippen LogP contribution is -2.39. The smallest absolute Gasteiger partial charge is 0.243 e. The van der Waals surface area contributed by atoms with Crippen LogP contribution in [0.15, 0.2) is 23.1 Å². The number of hydrogen-bond donors (Lipinski definition) is 1. The summed E-state index contributed by atoms with van der Waals surface area (Å²) in [6.45, 7) is 7.98. The summed E-state index contributed by atoms with van der Waals surface area (Å²) in [7, 11) is -3.38. The molecule has 1 heterocycles. The first-order valence-electron chi connectivity index (χ1n) is 7.66. The van der Waals surface area contributed by atoms with Gasteiger partial charge in [-0.25, -0.2) is 8.42 Å². The van der Waals surface area contributed by atoms with Crippen LogP contribution in [0.5, 0.6) is 0 Å². The zero-order chi connectivity index (χ0) is 15.6. The van der Waals surface area contributed by atoms with Gasteiger partial charge in [-0.2, -0.15) is 4.31 Å². The molecule has 0 amide bonds. The number of sulfonamides is 1. The zero-order valence-corrected chi connectivity index (χ0v) is 14.0. The van der Waals surface area contributed by atoms with Crippen molar-refractivity contribution in [2.24, 2.45) is 17.6 Å². The van der Waals surface area contributed by atoms with E-state index in [1.165, 1.54) is 0 Å². The molecule has 1 aromatic carbocycles. The minimum atomic E-state index is -3.38. The second kappa shape index (κ2) is 6.46. The quantitative estimate of drug-likeness (QED) is 0.929. The lowest BCUT2D eigenvalue weighted by molar-refractivity contribution is 0.226. The molecule has 2 N–H and O–H groups in total. The predicted octanol–water partition coefficient (Wildman–Crippen LogP) is 2.51. The maximum atomic E-state index is 12.7. The van der Waals surface area contributed by atoms with Gasteiger partial charge in [0.1, 0.15) is 0 Å². The van der Waals surface area contributed by atoms with E-state index < -0.39 is 10.0 Å². The number of rotatable bonds is 4. The van der Waals surface area contributed by atoms with Crippen molar-refractivity contribution in [3.63, 3.8) is 0 Å². The van der Waals surface area contributed by atoms with E-state index in [-0.39, 0.29) is 0 Å². The third-order valence-corrected chi connectivity index (χ3v) is 6.51. The monoisotopic (exact) mass is 310 g/mol. The van der Waals surface area contributed by atoms with Gasteiger partial charge < -0.3 is 5.73 Å². The van der Waals surface area contributed by atoms with Crippen LogP contribution in [0.4, 0.5) is 0 Å². The molecule has 1 aliphatic rings. The Morgan fingerprint density at radius 2 is 1.90 bits per heavy atom. The highest BCUT2D eigenvalue weighted by Gasteiger charge is 2.30. The Morgan fingerprint density at radius 1 is 1.29 bits per heavy atom. The van der Waals surface area contributed by atoms with Crippen LogP contribution in [-0.4, -0.2) is 25.8 Å². The normalized spacial score (nSPS) is 18.3.